The van der Waals surface area contributed by atoms with Crippen molar-refractivity contribution in [1.82, 2.24) is 0 Å². The lowest BCUT2D eigenvalue weighted by Crippen LogP contribution is -2.32. The van der Waals surface area contributed by atoms with Gasteiger partial charge in [-0.15, -0.1) is 0 Å². The van der Waals surface area contributed by atoms with E-state index < -0.39 is 48.4 Å². The highest BCUT2D eigenvalue weighted by Crippen LogP contribution is 2.01. The molecule has 0 fully saturated rings. The van der Waals surface area contributed by atoms with Crippen LogP contribution in [-0.4, -0.2) is 62.4 Å². The van der Waals surface area contributed by atoms with E-state index in [4.69, 9.17) is 37.6 Å². The van der Waals surface area contributed by atoms with Gasteiger partial charge in [0.15, 0.2) is 0 Å². The van der Waals surface area contributed by atoms with Gasteiger partial charge in [-0.05, 0) is 19.3 Å². The van der Waals surface area contributed by atoms with Crippen molar-refractivity contribution in [2.24, 2.45) is 23.1 Å². The van der Waals surface area contributed by atoms with Gasteiger partial charge in [0.2, 0.25) is 0 Å². The Kier molecular flexibility index (Phi) is 15.9. The van der Waals surface area contributed by atoms with E-state index >= 15 is 0 Å². The van der Waals surface area contributed by atoms with E-state index in [9.17, 15) is 19.2 Å². The summed E-state index contributed by atoms with van der Waals surface area (Å²) in [6.07, 6.45) is 0.0185. The Morgan fingerprint density at radius 3 is 1.17 bits per heavy atom. The number of hydrogen-bond donors (Lipinski definition) is 7. The summed E-state index contributed by atoms with van der Waals surface area (Å²) in [7, 11) is 0. The second kappa shape index (κ2) is 14.4. The zero-order chi connectivity index (χ0) is 20.0. The maximum Gasteiger partial charge on any atom is 0.321 e. The van der Waals surface area contributed by atoms with E-state index in [1.807, 2.05) is 13.8 Å². The number of aliphatic carboxylic acids is 4. The van der Waals surface area contributed by atoms with E-state index in [-0.39, 0.29) is 0 Å². The minimum absolute atomic E-state index is 0.357. The zero-order valence-electron chi connectivity index (χ0n) is 13.9. The molecule has 0 aromatic heterocycles. The first-order valence-corrected chi connectivity index (χ1v) is 6.89. The Balaban J connectivity index is -0.000000282. The minimum atomic E-state index is -1.29. The standard InChI is InChI=1S/C6H13NO2.C4H7NO4.C3H7NO2/c1-4(2)3-5(7)6(8)9;5-2(4(8)9)1-3(6)7;1-2(4)3(5)6/h4-5H,3,7H2,1-2H3,(H,8,9);2H,1,5H2,(H,6,7)(H,8,9);2H,4H2,1H3,(H,5,6)/t5-;2*2-/m000/s1. The van der Waals surface area contributed by atoms with Crippen molar-refractivity contribution < 1.29 is 39.6 Å². The van der Waals surface area contributed by atoms with Crippen molar-refractivity contribution in [1.29, 1.82) is 0 Å². The van der Waals surface area contributed by atoms with E-state index in [0.717, 1.165) is 0 Å². The molecule has 0 rings (SSSR count). The van der Waals surface area contributed by atoms with Crippen LogP contribution in [0, 0.1) is 5.92 Å². The van der Waals surface area contributed by atoms with E-state index in [1.165, 1.54) is 6.92 Å². The van der Waals surface area contributed by atoms with Crippen molar-refractivity contribution in [2.75, 3.05) is 0 Å². The van der Waals surface area contributed by atoms with Gasteiger partial charge in [0.1, 0.15) is 18.1 Å². The molecule has 10 N–H and O–H groups in total. The molecule has 0 aliphatic heterocycles. The molecule has 0 aliphatic rings. The van der Waals surface area contributed by atoms with Gasteiger partial charge >= 0.3 is 23.9 Å². The highest BCUT2D eigenvalue weighted by atomic mass is 16.4. The Morgan fingerprint density at radius 1 is 0.750 bits per heavy atom. The summed E-state index contributed by atoms with van der Waals surface area (Å²) in [5.74, 6) is -4.02. The Morgan fingerprint density at radius 2 is 1.08 bits per heavy atom. The zero-order valence-corrected chi connectivity index (χ0v) is 13.9. The fraction of sp³-hybridized carbons (Fsp3) is 0.692. The highest BCUT2D eigenvalue weighted by Gasteiger charge is 2.14. The number of carboxylic acid groups (broad SMARTS) is 4. The van der Waals surface area contributed by atoms with Crippen molar-refractivity contribution in [3.8, 4) is 0 Å². The first-order chi connectivity index (χ1) is 10.7. The van der Waals surface area contributed by atoms with Gasteiger partial charge in [-0.2, -0.15) is 0 Å². The summed E-state index contributed by atoms with van der Waals surface area (Å²) >= 11 is 0. The lowest BCUT2D eigenvalue weighted by Gasteiger charge is -2.07. The second-order valence-electron chi connectivity index (χ2n) is 5.24. The third kappa shape index (κ3) is 22.0. The fourth-order valence-corrected chi connectivity index (χ4v) is 0.884. The summed E-state index contributed by atoms with van der Waals surface area (Å²) in [6.45, 7) is 5.31. The van der Waals surface area contributed by atoms with Crippen molar-refractivity contribution >= 4 is 23.9 Å². The number of carboxylic acids is 4. The van der Waals surface area contributed by atoms with E-state index in [2.05, 4.69) is 0 Å². The predicted molar refractivity (Wildman–Crippen MR) is 84.2 cm³/mol. The predicted octanol–water partition coefficient (Wildman–Crippen LogP) is -1.26. The molecule has 0 unspecified atom stereocenters. The molecular formula is C13H27N3O8. The molecule has 0 aromatic rings. The van der Waals surface area contributed by atoms with Crippen LogP contribution in [0.3, 0.4) is 0 Å². The number of nitrogens with two attached hydrogens (primary N) is 3. The summed E-state index contributed by atoms with van der Waals surface area (Å²) in [4.78, 5) is 39.3. The number of carbonyl (C=O) groups is 4. The van der Waals surface area contributed by atoms with Crippen LogP contribution in [0.2, 0.25) is 0 Å². The molecule has 0 heterocycles. The Hall–Kier alpha value is -2.24. The lowest BCUT2D eigenvalue weighted by atomic mass is 10.1. The van der Waals surface area contributed by atoms with Crippen LogP contribution in [0.1, 0.15) is 33.6 Å². The Bertz CT molecular complexity index is 412. The number of rotatable bonds is 7. The maximum absolute atomic E-state index is 10.1. The maximum atomic E-state index is 10.1. The van der Waals surface area contributed by atoms with Crippen LogP contribution in [0.15, 0.2) is 0 Å². The van der Waals surface area contributed by atoms with Gasteiger partial charge in [0.05, 0.1) is 6.42 Å². The van der Waals surface area contributed by atoms with Crippen LogP contribution in [0.25, 0.3) is 0 Å². The monoisotopic (exact) mass is 353 g/mol. The molecule has 0 aromatic carbocycles. The molecule has 11 nitrogen and oxygen atoms in total. The van der Waals surface area contributed by atoms with Gasteiger partial charge in [-0.1, -0.05) is 13.8 Å². The Labute approximate surface area is 139 Å². The summed E-state index contributed by atoms with van der Waals surface area (Å²) < 4.78 is 0. The average Bonchev–Trinajstić information content (AvgIpc) is 2.38. The summed E-state index contributed by atoms with van der Waals surface area (Å²) in [6, 6.07) is -2.71. The third-order valence-corrected chi connectivity index (χ3v) is 2.14. The van der Waals surface area contributed by atoms with Gasteiger partial charge in [0, 0.05) is 0 Å². The molecule has 0 amide bonds. The third-order valence-electron chi connectivity index (χ3n) is 2.14. The quantitative estimate of drug-likeness (QED) is 0.285. The van der Waals surface area contributed by atoms with Crippen molar-refractivity contribution in [2.45, 2.75) is 51.7 Å². The molecular weight excluding hydrogens is 326 g/mol. The molecule has 0 spiro atoms. The average molecular weight is 353 g/mol. The molecule has 3 atom stereocenters. The number of hydrogen-bond acceptors (Lipinski definition) is 7. The normalized spacial score (nSPS) is 13.3. The minimum Gasteiger partial charge on any atom is -0.481 e. The summed E-state index contributed by atoms with van der Waals surface area (Å²) in [5.41, 5.74) is 14.9. The molecule has 24 heavy (non-hydrogen) atoms. The highest BCUT2D eigenvalue weighted by molar-refractivity contribution is 5.80. The molecule has 0 radical (unpaired) electrons. The van der Waals surface area contributed by atoms with Crippen LogP contribution in [-0.2, 0) is 19.2 Å². The molecule has 0 aliphatic carbocycles. The largest absolute Gasteiger partial charge is 0.481 e. The van der Waals surface area contributed by atoms with Crippen LogP contribution < -0.4 is 17.2 Å². The van der Waals surface area contributed by atoms with E-state index in [1.54, 1.807) is 0 Å². The summed E-state index contributed by atoms with van der Waals surface area (Å²) in [5, 5.41) is 32.2. The van der Waals surface area contributed by atoms with E-state index in [0.29, 0.717) is 12.3 Å². The smallest absolute Gasteiger partial charge is 0.321 e. The topological polar surface area (TPSA) is 227 Å². The van der Waals surface area contributed by atoms with Gasteiger partial charge in [0.25, 0.3) is 0 Å². The van der Waals surface area contributed by atoms with Crippen LogP contribution in [0.5, 0.6) is 0 Å². The van der Waals surface area contributed by atoms with Gasteiger partial charge in [-0.25, -0.2) is 0 Å². The first-order valence-electron chi connectivity index (χ1n) is 6.89. The first kappa shape index (κ1) is 26.6. The second-order valence-corrected chi connectivity index (χ2v) is 5.24. The van der Waals surface area contributed by atoms with Crippen LogP contribution >= 0.6 is 0 Å². The lowest BCUT2D eigenvalue weighted by molar-refractivity contribution is -0.144. The van der Waals surface area contributed by atoms with Crippen molar-refractivity contribution in [3.63, 3.8) is 0 Å². The SMILES string of the molecule is CC(C)C[C@H](N)C(=O)O.C[C@H](N)C(=O)O.N[C@@H](CC(=O)O)C(=O)O. The molecule has 0 saturated heterocycles. The fourth-order valence-electron chi connectivity index (χ4n) is 0.884. The van der Waals surface area contributed by atoms with Gasteiger partial charge < -0.3 is 37.6 Å². The molecule has 0 saturated carbocycles. The molecule has 11 heteroatoms. The van der Waals surface area contributed by atoms with Gasteiger partial charge in [-0.3, -0.25) is 19.2 Å². The van der Waals surface area contributed by atoms with Crippen LogP contribution in [0.4, 0.5) is 0 Å². The molecule has 142 valence electrons. The van der Waals surface area contributed by atoms with Crippen molar-refractivity contribution in [3.05, 3.63) is 0 Å². The molecule has 0 bridgehead atoms.